The first-order valence-corrected chi connectivity index (χ1v) is 13.8. The van der Waals surface area contributed by atoms with Crippen molar-refractivity contribution >= 4 is 10.1 Å². The predicted octanol–water partition coefficient (Wildman–Crippen LogP) is 7.06. The van der Waals surface area contributed by atoms with E-state index in [0.29, 0.717) is 28.6 Å². The SMILES string of the molecule is CC1C(C2CCCCC2)=C(S(=O)(=O)O)C(C2CCCCC2)=CC1C1CCCCC1. The summed E-state index contributed by atoms with van der Waals surface area (Å²) in [6, 6.07) is 0. The van der Waals surface area contributed by atoms with E-state index in [0.717, 1.165) is 36.8 Å². The van der Waals surface area contributed by atoms with Crippen molar-refractivity contribution in [1.29, 1.82) is 0 Å². The van der Waals surface area contributed by atoms with Crippen LogP contribution in [0.1, 0.15) is 103 Å². The Morgan fingerprint density at radius 2 is 1.24 bits per heavy atom. The first kappa shape index (κ1) is 21.6. The number of hydrogen-bond donors (Lipinski definition) is 1. The maximum Gasteiger partial charge on any atom is 0.294 e. The fourth-order valence-corrected chi connectivity index (χ4v) is 8.26. The van der Waals surface area contributed by atoms with Gasteiger partial charge >= 0.3 is 0 Å². The highest BCUT2D eigenvalue weighted by Crippen LogP contribution is 2.51. The van der Waals surface area contributed by atoms with Gasteiger partial charge < -0.3 is 0 Å². The maximum absolute atomic E-state index is 12.8. The molecule has 0 aliphatic heterocycles. The summed E-state index contributed by atoms with van der Waals surface area (Å²) in [7, 11) is -4.20. The van der Waals surface area contributed by atoms with E-state index in [1.807, 2.05) is 0 Å². The van der Waals surface area contributed by atoms with Crippen LogP contribution < -0.4 is 0 Å². The Morgan fingerprint density at radius 1 is 0.759 bits per heavy atom. The summed E-state index contributed by atoms with van der Waals surface area (Å²) < 4.78 is 36.0. The summed E-state index contributed by atoms with van der Waals surface area (Å²) in [6.07, 6.45) is 20.5. The topological polar surface area (TPSA) is 54.4 Å². The van der Waals surface area contributed by atoms with Gasteiger partial charge in [0.05, 0.1) is 4.91 Å². The Labute approximate surface area is 178 Å². The summed E-state index contributed by atoms with van der Waals surface area (Å²) in [4.78, 5) is 0.371. The lowest BCUT2D eigenvalue weighted by Crippen LogP contribution is -2.34. The Kier molecular flexibility index (Phi) is 6.90. The van der Waals surface area contributed by atoms with E-state index >= 15 is 0 Å². The molecule has 4 aliphatic rings. The molecule has 0 spiro atoms. The molecule has 29 heavy (non-hydrogen) atoms. The summed E-state index contributed by atoms with van der Waals surface area (Å²) in [6.45, 7) is 2.27. The summed E-state index contributed by atoms with van der Waals surface area (Å²) in [5.74, 6) is 2.03. The van der Waals surface area contributed by atoms with Crippen molar-refractivity contribution in [2.24, 2.45) is 29.6 Å². The highest BCUT2D eigenvalue weighted by Gasteiger charge is 2.42. The van der Waals surface area contributed by atoms with Gasteiger partial charge in [0.25, 0.3) is 10.1 Å². The molecule has 3 fully saturated rings. The lowest BCUT2D eigenvalue weighted by atomic mass is 9.64. The molecule has 0 radical (unpaired) electrons. The monoisotopic (exact) mass is 420 g/mol. The van der Waals surface area contributed by atoms with Crippen molar-refractivity contribution < 1.29 is 13.0 Å². The first-order valence-electron chi connectivity index (χ1n) is 12.4. The molecule has 0 saturated heterocycles. The number of hydrogen-bond acceptors (Lipinski definition) is 2. The molecule has 164 valence electrons. The predicted molar refractivity (Wildman–Crippen MR) is 119 cm³/mol. The fraction of sp³-hybridized carbons (Fsp3) is 0.840. The van der Waals surface area contributed by atoms with Crippen LogP contribution in [0.25, 0.3) is 0 Å². The van der Waals surface area contributed by atoms with Gasteiger partial charge in [0, 0.05) is 0 Å². The second kappa shape index (κ2) is 9.26. The van der Waals surface area contributed by atoms with E-state index < -0.39 is 10.1 Å². The van der Waals surface area contributed by atoms with Gasteiger partial charge in [0.15, 0.2) is 0 Å². The second-order valence-corrected chi connectivity index (χ2v) is 11.7. The minimum atomic E-state index is -4.20. The van der Waals surface area contributed by atoms with Crippen molar-refractivity contribution in [3.63, 3.8) is 0 Å². The van der Waals surface area contributed by atoms with Crippen LogP contribution in [-0.2, 0) is 10.1 Å². The van der Waals surface area contributed by atoms with Crippen LogP contribution in [0.5, 0.6) is 0 Å². The molecule has 0 bridgehead atoms. The van der Waals surface area contributed by atoms with Gasteiger partial charge in [-0.3, -0.25) is 4.55 Å². The number of rotatable bonds is 4. The zero-order valence-corrected chi connectivity index (χ0v) is 19.1. The minimum absolute atomic E-state index is 0.241. The van der Waals surface area contributed by atoms with E-state index in [4.69, 9.17) is 0 Å². The van der Waals surface area contributed by atoms with Gasteiger partial charge in [-0.1, -0.05) is 70.8 Å². The Bertz CT molecular complexity index is 730. The van der Waals surface area contributed by atoms with Crippen molar-refractivity contribution in [2.45, 2.75) is 103 Å². The molecule has 1 N–H and O–H groups in total. The average molecular weight is 421 g/mol. The zero-order chi connectivity index (χ0) is 20.4. The molecule has 0 amide bonds. The third-order valence-electron chi connectivity index (χ3n) is 8.51. The average Bonchev–Trinajstić information content (AvgIpc) is 2.74. The van der Waals surface area contributed by atoms with Crippen LogP contribution in [0, 0.1) is 29.6 Å². The van der Waals surface area contributed by atoms with Gasteiger partial charge in [-0.2, -0.15) is 8.42 Å². The fourth-order valence-electron chi connectivity index (χ4n) is 7.08. The van der Waals surface area contributed by atoms with Crippen LogP contribution in [0.3, 0.4) is 0 Å². The van der Waals surface area contributed by atoms with Gasteiger partial charge in [0.1, 0.15) is 0 Å². The molecule has 3 nitrogen and oxygen atoms in total. The van der Waals surface area contributed by atoms with E-state index in [2.05, 4.69) is 13.0 Å². The van der Waals surface area contributed by atoms with Crippen LogP contribution >= 0.6 is 0 Å². The van der Waals surface area contributed by atoms with Crippen LogP contribution in [0.2, 0.25) is 0 Å². The molecular weight excluding hydrogens is 380 g/mol. The van der Waals surface area contributed by atoms with Crippen molar-refractivity contribution in [3.05, 3.63) is 22.1 Å². The van der Waals surface area contributed by atoms with E-state index in [1.54, 1.807) is 0 Å². The molecule has 4 heteroatoms. The Balaban J connectivity index is 1.80. The number of allylic oxidation sites excluding steroid dienone is 3. The molecule has 2 unspecified atom stereocenters. The molecule has 2 atom stereocenters. The quantitative estimate of drug-likeness (QED) is 0.495. The van der Waals surface area contributed by atoms with E-state index in [9.17, 15) is 13.0 Å². The van der Waals surface area contributed by atoms with Gasteiger partial charge in [-0.15, -0.1) is 0 Å². The molecule has 0 aromatic rings. The summed E-state index contributed by atoms with van der Waals surface area (Å²) in [5, 5.41) is 0. The zero-order valence-electron chi connectivity index (χ0n) is 18.2. The highest BCUT2D eigenvalue weighted by atomic mass is 32.2. The molecule has 0 aromatic carbocycles. The lowest BCUT2D eigenvalue weighted by Gasteiger charge is -2.43. The van der Waals surface area contributed by atoms with Crippen LogP contribution in [-0.4, -0.2) is 13.0 Å². The molecule has 0 heterocycles. The van der Waals surface area contributed by atoms with Crippen LogP contribution in [0.4, 0.5) is 0 Å². The van der Waals surface area contributed by atoms with Crippen molar-refractivity contribution in [3.8, 4) is 0 Å². The lowest BCUT2D eigenvalue weighted by molar-refractivity contribution is 0.225. The summed E-state index contributed by atoms with van der Waals surface area (Å²) in [5.41, 5.74) is 2.13. The van der Waals surface area contributed by atoms with E-state index in [1.165, 1.54) is 70.6 Å². The third kappa shape index (κ3) is 4.69. The Morgan fingerprint density at radius 3 is 1.76 bits per heavy atom. The van der Waals surface area contributed by atoms with Gasteiger partial charge in [-0.05, 0) is 79.3 Å². The highest BCUT2D eigenvalue weighted by molar-refractivity contribution is 7.90. The Hall–Kier alpha value is -0.610. The van der Waals surface area contributed by atoms with Crippen molar-refractivity contribution in [1.82, 2.24) is 0 Å². The third-order valence-corrected chi connectivity index (χ3v) is 9.49. The van der Waals surface area contributed by atoms with Crippen molar-refractivity contribution in [2.75, 3.05) is 0 Å². The second-order valence-electron chi connectivity index (χ2n) is 10.3. The smallest absolute Gasteiger partial charge is 0.282 e. The normalized spacial score (nSPS) is 31.7. The first-order chi connectivity index (χ1) is 14.0. The molecule has 4 rings (SSSR count). The van der Waals surface area contributed by atoms with Crippen LogP contribution in [0.15, 0.2) is 22.1 Å². The van der Waals surface area contributed by atoms with Gasteiger partial charge in [0.2, 0.25) is 0 Å². The van der Waals surface area contributed by atoms with E-state index in [-0.39, 0.29) is 5.92 Å². The standard InChI is InChI=1S/C25H40O3S/c1-18-22(19-11-5-2-6-12-19)17-23(20-13-7-3-8-14-20)25(29(26,27)28)24(18)21-15-9-4-10-16-21/h17-22H,2-16H2,1H3,(H,26,27,28). The maximum atomic E-state index is 12.8. The van der Waals surface area contributed by atoms with Gasteiger partial charge in [-0.25, -0.2) is 0 Å². The largest absolute Gasteiger partial charge is 0.294 e. The molecule has 4 aliphatic carbocycles. The molecular formula is C25H40O3S. The molecule has 3 saturated carbocycles. The molecule has 0 aromatic heterocycles. The summed E-state index contributed by atoms with van der Waals surface area (Å²) >= 11 is 0. The minimum Gasteiger partial charge on any atom is -0.282 e.